The van der Waals surface area contributed by atoms with E-state index in [1.807, 2.05) is 0 Å². The van der Waals surface area contributed by atoms with E-state index in [4.69, 9.17) is 5.73 Å². The fraction of sp³-hybridized carbons (Fsp3) is 0.583. The normalized spacial score (nSPS) is 12.8. The van der Waals surface area contributed by atoms with Crippen molar-refractivity contribution in [2.24, 2.45) is 5.92 Å². The number of aliphatic hydroxyl groups is 1. The second kappa shape index (κ2) is 6.33. The van der Waals surface area contributed by atoms with Gasteiger partial charge in [-0.15, -0.1) is 0 Å². The predicted octanol–water partition coefficient (Wildman–Crippen LogP) is 1.87. The second-order valence-corrected chi connectivity index (χ2v) is 3.97. The minimum absolute atomic E-state index is 0.331. The van der Waals surface area contributed by atoms with E-state index in [-0.39, 0.29) is 6.10 Å². The smallest absolute Gasteiger partial charge is 0.149 e. The van der Waals surface area contributed by atoms with Gasteiger partial charge in [0.15, 0.2) is 0 Å². The van der Waals surface area contributed by atoms with Crippen LogP contribution in [-0.2, 0) is 0 Å². The summed E-state index contributed by atoms with van der Waals surface area (Å²) in [6.07, 6.45) is 3.30. The Morgan fingerprint density at radius 2 is 2.12 bits per heavy atom. The summed E-state index contributed by atoms with van der Waals surface area (Å²) in [6.45, 7) is 4.67. The zero-order valence-electron chi connectivity index (χ0n) is 9.98. The van der Waals surface area contributed by atoms with Crippen molar-refractivity contribution in [3.8, 4) is 0 Å². The van der Waals surface area contributed by atoms with E-state index in [1.54, 1.807) is 18.3 Å². The number of rotatable bonds is 6. The van der Waals surface area contributed by atoms with Crippen LogP contribution in [0, 0.1) is 5.92 Å². The molecular formula is C12H21N3O. The predicted molar refractivity (Wildman–Crippen MR) is 67.2 cm³/mol. The third-order valence-corrected chi connectivity index (χ3v) is 2.91. The van der Waals surface area contributed by atoms with Gasteiger partial charge in [0.05, 0.1) is 11.8 Å². The lowest BCUT2D eigenvalue weighted by atomic mass is 9.96. The van der Waals surface area contributed by atoms with Crippen molar-refractivity contribution in [3.63, 3.8) is 0 Å². The molecule has 0 bridgehead atoms. The van der Waals surface area contributed by atoms with Crippen molar-refractivity contribution in [1.29, 1.82) is 0 Å². The van der Waals surface area contributed by atoms with Gasteiger partial charge in [-0.2, -0.15) is 0 Å². The SMILES string of the molecule is CCC(CC)C(O)CNc1ncccc1N. The number of hydrogen-bond donors (Lipinski definition) is 3. The van der Waals surface area contributed by atoms with Crippen LogP contribution in [0.3, 0.4) is 0 Å². The number of hydrogen-bond acceptors (Lipinski definition) is 4. The highest BCUT2D eigenvalue weighted by Crippen LogP contribution is 2.16. The molecule has 1 rings (SSSR count). The van der Waals surface area contributed by atoms with E-state index in [0.717, 1.165) is 12.8 Å². The van der Waals surface area contributed by atoms with E-state index in [1.165, 1.54) is 0 Å². The molecule has 1 aromatic heterocycles. The molecule has 1 aromatic rings. The summed E-state index contributed by atoms with van der Waals surface area (Å²) in [7, 11) is 0. The number of nitrogen functional groups attached to an aromatic ring is 1. The standard InChI is InChI=1S/C12H21N3O/c1-3-9(4-2)11(16)8-15-12-10(13)6-5-7-14-12/h5-7,9,11,16H,3-4,8,13H2,1-2H3,(H,14,15). The molecule has 0 radical (unpaired) electrons. The Morgan fingerprint density at radius 1 is 1.44 bits per heavy atom. The van der Waals surface area contributed by atoms with Gasteiger partial charge in [-0.3, -0.25) is 0 Å². The molecule has 0 aliphatic rings. The first-order valence-electron chi connectivity index (χ1n) is 5.81. The van der Waals surface area contributed by atoms with E-state index in [9.17, 15) is 5.11 Å². The average Bonchev–Trinajstić information content (AvgIpc) is 2.29. The van der Waals surface area contributed by atoms with Gasteiger partial charge in [0.2, 0.25) is 0 Å². The van der Waals surface area contributed by atoms with E-state index in [2.05, 4.69) is 24.1 Å². The minimum atomic E-state index is -0.351. The van der Waals surface area contributed by atoms with Crippen molar-refractivity contribution < 1.29 is 5.11 Å². The highest BCUT2D eigenvalue weighted by Gasteiger charge is 2.15. The van der Waals surface area contributed by atoms with Gasteiger partial charge in [-0.05, 0) is 18.1 Å². The number of anilines is 2. The molecule has 1 heterocycles. The van der Waals surface area contributed by atoms with Gasteiger partial charge in [0.25, 0.3) is 0 Å². The topological polar surface area (TPSA) is 71.2 Å². The third kappa shape index (κ3) is 3.38. The Bertz CT molecular complexity index is 313. The lowest BCUT2D eigenvalue weighted by Crippen LogP contribution is -2.28. The number of pyridine rings is 1. The summed E-state index contributed by atoms with van der Waals surface area (Å²) in [5.74, 6) is 0.977. The molecule has 4 nitrogen and oxygen atoms in total. The average molecular weight is 223 g/mol. The van der Waals surface area contributed by atoms with Crippen LogP contribution < -0.4 is 11.1 Å². The van der Waals surface area contributed by atoms with Crippen LogP contribution in [0.5, 0.6) is 0 Å². The van der Waals surface area contributed by atoms with Crippen LogP contribution >= 0.6 is 0 Å². The van der Waals surface area contributed by atoms with Crippen molar-refractivity contribution in [3.05, 3.63) is 18.3 Å². The van der Waals surface area contributed by atoms with Crippen LogP contribution in [0.25, 0.3) is 0 Å². The first-order valence-corrected chi connectivity index (χ1v) is 5.81. The molecule has 0 saturated carbocycles. The fourth-order valence-electron chi connectivity index (χ4n) is 1.77. The van der Waals surface area contributed by atoms with Gasteiger partial charge in [0, 0.05) is 12.7 Å². The molecule has 0 amide bonds. The van der Waals surface area contributed by atoms with Crippen molar-refractivity contribution in [1.82, 2.24) is 4.98 Å². The molecule has 4 heteroatoms. The molecule has 0 aromatic carbocycles. The summed E-state index contributed by atoms with van der Waals surface area (Å²) in [5, 5.41) is 13.0. The maximum absolute atomic E-state index is 9.93. The summed E-state index contributed by atoms with van der Waals surface area (Å²) >= 11 is 0. The molecule has 0 saturated heterocycles. The molecule has 0 spiro atoms. The number of aliphatic hydroxyl groups excluding tert-OH is 1. The summed E-state index contributed by atoms with van der Waals surface area (Å²) in [6, 6.07) is 3.58. The van der Waals surface area contributed by atoms with E-state index < -0.39 is 0 Å². The van der Waals surface area contributed by atoms with Crippen LogP contribution in [0.2, 0.25) is 0 Å². The van der Waals surface area contributed by atoms with Crippen molar-refractivity contribution >= 4 is 11.5 Å². The molecule has 90 valence electrons. The largest absolute Gasteiger partial charge is 0.396 e. The maximum atomic E-state index is 9.93. The number of nitrogens with two attached hydrogens (primary N) is 1. The lowest BCUT2D eigenvalue weighted by molar-refractivity contribution is 0.114. The summed E-state index contributed by atoms with van der Waals surface area (Å²) in [4.78, 5) is 4.11. The van der Waals surface area contributed by atoms with Gasteiger partial charge >= 0.3 is 0 Å². The molecule has 16 heavy (non-hydrogen) atoms. The minimum Gasteiger partial charge on any atom is -0.396 e. The van der Waals surface area contributed by atoms with E-state index >= 15 is 0 Å². The van der Waals surface area contributed by atoms with Crippen LogP contribution in [-0.4, -0.2) is 22.7 Å². The maximum Gasteiger partial charge on any atom is 0.149 e. The molecule has 1 atom stereocenters. The highest BCUT2D eigenvalue weighted by atomic mass is 16.3. The van der Waals surface area contributed by atoms with Crippen molar-refractivity contribution in [2.75, 3.05) is 17.6 Å². The fourth-order valence-corrected chi connectivity index (χ4v) is 1.77. The molecule has 0 aliphatic heterocycles. The van der Waals surface area contributed by atoms with Crippen molar-refractivity contribution in [2.45, 2.75) is 32.8 Å². The quantitative estimate of drug-likeness (QED) is 0.688. The highest BCUT2D eigenvalue weighted by molar-refractivity contribution is 5.60. The van der Waals surface area contributed by atoms with Crippen LogP contribution in [0.1, 0.15) is 26.7 Å². The third-order valence-electron chi connectivity index (χ3n) is 2.91. The Labute approximate surface area is 96.9 Å². The zero-order chi connectivity index (χ0) is 12.0. The zero-order valence-corrected chi connectivity index (χ0v) is 9.98. The second-order valence-electron chi connectivity index (χ2n) is 3.97. The Balaban J connectivity index is 2.48. The van der Waals surface area contributed by atoms with Gasteiger partial charge in [0.1, 0.15) is 5.82 Å². The summed E-state index contributed by atoms with van der Waals surface area (Å²) < 4.78 is 0. The van der Waals surface area contributed by atoms with Crippen LogP contribution in [0.4, 0.5) is 11.5 Å². The Kier molecular flexibility index (Phi) is 5.05. The molecular weight excluding hydrogens is 202 g/mol. The molecule has 1 unspecified atom stereocenters. The molecule has 0 aliphatic carbocycles. The van der Waals surface area contributed by atoms with Crippen LogP contribution in [0.15, 0.2) is 18.3 Å². The monoisotopic (exact) mass is 223 g/mol. The van der Waals surface area contributed by atoms with Gasteiger partial charge < -0.3 is 16.2 Å². The Hall–Kier alpha value is -1.29. The lowest BCUT2D eigenvalue weighted by Gasteiger charge is -2.20. The molecule has 0 fully saturated rings. The number of nitrogens with one attached hydrogen (secondary N) is 1. The van der Waals surface area contributed by atoms with Gasteiger partial charge in [-0.1, -0.05) is 26.7 Å². The Morgan fingerprint density at radius 3 is 2.69 bits per heavy atom. The van der Waals surface area contributed by atoms with E-state index in [0.29, 0.717) is 24.0 Å². The number of nitrogens with zero attached hydrogens (tertiary/aromatic N) is 1. The van der Waals surface area contributed by atoms with Gasteiger partial charge in [-0.25, -0.2) is 4.98 Å². The number of aromatic nitrogens is 1. The summed E-state index contributed by atoms with van der Waals surface area (Å²) in [5.41, 5.74) is 6.35. The molecule has 4 N–H and O–H groups in total. The first kappa shape index (κ1) is 12.8. The first-order chi connectivity index (χ1) is 7.69.